The van der Waals surface area contributed by atoms with Crippen molar-refractivity contribution < 1.29 is 14.6 Å². The predicted octanol–water partition coefficient (Wildman–Crippen LogP) is 1.36. The molecule has 4 nitrogen and oxygen atoms in total. The highest BCUT2D eigenvalue weighted by molar-refractivity contribution is 5.94. The highest BCUT2D eigenvalue weighted by Gasteiger charge is 2.20. The summed E-state index contributed by atoms with van der Waals surface area (Å²) in [5.74, 6) is 0.411. The van der Waals surface area contributed by atoms with Crippen molar-refractivity contribution in [2.75, 3.05) is 11.9 Å². The maximum atomic E-state index is 11.4. The summed E-state index contributed by atoms with van der Waals surface area (Å²) in [5.41, 5.74) is 0.608. The first kappa shape index (κ1) is 8.87. The number of nitrogens with one attached hydrogen (secondary N) is 1. The number of carbonyl (C=O) groups is 1. The monoisotopic (exact) mass is 193 g/mol. The van der Waals surface area contributed by atoms with Gasteiger partial charge in [-0.15, -0.1) is 0 Å². The third kappa shape index (κ3) is 1.51. The first-order valence-electron chi connectivity index (χ1n) is 4.43. The molecule has 74 valence electrons. The van der Waals surface area contributed by atoms with Gasteiger partial charge in [-0.1, -0.05) is 6.92 Å². The molecule has 0 radical (unpaired) electrons. The Labute approximate surface area is 81.5 Å². The molecule has 0 aliphatic carbocycles. The Bertz CT molecular complexity index is 376. The molecule has 1 aliphatic heterocycles. The SMILES string of the molecule is CC1COc2cc(O)ccc2NC1=O. The third-order valence-corrected chi connectivity index (χ3v) is 2.16. The Hall–Kier alpha value is -1.71. The molecule has 1 aromatic rings. The molecule has 1 heterocycles. The van der Waals surface area contributed by atoms with E-state index in [1.165, 1.54) is 12.1 Å². The number of phenols is 1. The molecule has 1 aliphatic rings. The molecule has 4 heteroatoms. The number of anilines is 1. The Morgan fingerprint density at radius 2 is 2.36 bits per heavy atom. The van der Waals surface area contributed by atoms with E-state index in [-0.39, 0.29) is 17.6 Å². The van der Waals surface area contributed by atoms with Crippen LogP contribution in [0.1, 0.15) is 6.92 Å². The first-order valence-corrected chi connectivity index (χ1v) is 4.43. The summed E-state index contributed by atoms with van der Waals surface area (Å²) in [7, 11) is 0. The molecule has 0 bridgehead atoms. The minimum absolute atomic E-state index is 0.0607. The van der Waals surface area contributed by atoms with Gasteiger partial charge >= 0.3 is 0 Å². The number of carbonyl (C=O) groups excluding carboxylic acids is 1. The van der Waals surface area contributed by atoms with Gasteiger partial charge in [0.15, 0.2) is 0 Å². The molecule has 0 spiro atoms. The van der Waals surface area contributed by atoms with Gasteiger partial charge in [0.25, 0.3) is 0 Å². The van der Waals surface area contributed by atoms with Crippen LogP contribution in [0.5, 0.6) is 11.5 Å². The summed E-state index contributed by atoms with van der Waals surface area (Å²) in [5, 5.41) is 11.9. The van der Waals surface area contributed by atoms with E-state index in [0.717, 1.165) is 0 Å². The van der Waals surface area contributed by atoms with Crippen molar-refractivity contribution in [2.45, 2.75) is 6.92 Å². The van der Waals surface area contributed by atoms with Crippen molar-refractivity contribution in [3.8, 4) is 11.5 Å². The van der Waals surface area contributed by atoms with E-state index in [9.17, 15) is 9.90 Å². The van der Waals surface area contributed by atoms with E-state index >= 15 is 0 Å². The number of fused-ring (bicyclic) bond motifs is 1. The Morgan fingerprint density at radius 1 is 1.57 bits per heavy atom. The van der Waals surface area contributed by atoms with Gasteiger partial charge in [0.1, 0.15) is 11.5 Å². The lowest BCUT2D eigenvalue weighted by Gasteiger charge is -2.06. The number of hydrogen-bond donors (Lipinski definition) is 2. The largest absolute Gasteiger partial charge is 0.508 e. The maximum absolute atomic E-state index is 11.4. The van der Waals surface area contributed by atoms with Gasteiger partial charge in [-0.2, -0.15) is 0 Å². The molecule has 2 N–H and O–H groups in total. The van der Waals surface area contributed by atoms with Crippen LogP contribution in [0.2, 0.25) is 0 Å². The van der Waals surface area contributed by atoms with Crippen molar-refractivity contribution >= 4 is 11.6 Å². The molecular weight excluding hydrogens is 182 g/mol. The van der Waals surface area contributed by atoms with Crippen LogP contribution in [0.15, 0.2) is 18.2 Å². The van der Waals surface area contributed by atoms with Crippen LogP contribution >= 0.6 is 0 Å². The van der Waals surface area contributed by atoms with Crippen LogP contribution < -0.4 is 10.1 Å². The van der Waals surface area contributed by atoms with Crippen molar-refractivity contribution in [1.29, 1.82) is 0 Å². The number of hydrogen-bond acceptors (Lipinski definition) is 3. The minimum Gasteiger partial charge on any atom is -0.508 e. The second-order valence-corrected chi connectivity index (χ2v) is 3.38. The summed E-state index contributed by atoms with van der Waals surface area (Å²) >= 11 is 0. The zero-order valence-electron chi connectivity index (χ0n) is 7.78. The molecule has 0 saturated carbocycles. The van der Waals surface area contributed by atoms with Crippen molar-refractivity contribution in [2.24, 2.45) is 5.92 Å². The van der Waals surface area contributed by atoms with Gasteiger partial charge in [0.2, 0.25) is 5.91 Å². The second-order valence-electron chi connectivity index (χ2n) is 3.38. The Balaban J connectivity index is 2.37. The van der Waals surface area contributed by atoms with Gasteiger partial charge in [0, 0.05) is 6.07 Å². The van der Waals surface area contributed by atoms with Gasteiger partial charge < -0.3 is 15.2 Å². The fourth-order valence-electron chi connectivity index (χ4n) is 1.28. The standard InChI is InChI=1S/C10H11NO3/c1-6-5-14-9-4-7(12)2-3-8(9)11-10(6)13/h2-4,6,12H,5H2,1H3,(H,11,13). The number of ether oxygens (including phenoxy) is 1. The topological polar surface area (TPSA) is 58.6 Å². The zero-order chi connectivity index (χ0) is 10.1. The van der Waals surface area contributed by atoms with Gasteiger partial charge in [-0.3, -0.25) is 4.79 Å². The molecule has 1 aromatic carbocycles. The molecule has 14 heavy (non-hydrogen) atoms. The number of aromatic hydroxyl groups is 1. The van der Waals surface area contributed by atoms with E-state index < -0.39 is 0 Å². The van der Waals surface area contributed by atoms with E-state index in [1.54, 1.807) is 13.0 Å². The first-order chi connectivity index (χ1) is 6.66. The summed E-state index contributed by atoms with van der Waals surface area (Å²) < 4.78 is 5.37. The van der Waals surface area contributed by atoms with Crippen molar-refractivity contribution in [1.82, 2.24) is 0 Å². The lowest BCUT2D eigenvalue weighted by molar-refractivity contribution is -0.119. The van der Waals surface area contributed by atoms with Crippen LogP contribution in [-0.4, -0.2) is 17.6 Å². The minimum atomic E-state index is -0.176. The molecule has 1 atom stereocenters. The Kier molecular flexibility index (Phi) is 2.04. The van der Waals surface area contributed by atoms with E-state index in [0.29, 0.717) is 18.0 Å². The van der Waals surface area contributed by atoms with Crippen LogP contribution in [-0.2, 0) is 4.79 Å². The molecule has 2 rings (SSSR count). The maximum Gasteiger partial charge on any atom is 0.230 e. The Morgan fingerprint density at radius 3 is 3.14 bits per heavy atom. The van der Waals surface area contributed by atoms with E-state index in [2.05, 4.69) is 5.32 Å². The van der Waals surface area contributed by atoms with Gasteiger partial charge in [0.05, 0.1) is 18.2 Å². The van der Waals surface area contributed by atoms with E-state index in [4.69, 9.17) is 4.74 Å². The van der Waals surface area contributed by atoms with Crippen molar-refractivity contribution in [3.63, 3.8) is 0 Å². The third-order valence-electron chi connectivity index (χ3n) is 2.16. The number of phenolic OH excluding ortho intramolecular Hbond substituents is 1. The number of rotatable bonds is 0. The van der Waals surface area contributed by atoms with Crippen LogP contribution in [0.3, 0.4) is 0 Å². The zero-order valence-corrected chi connectivity index (χ0v) is 7.78. The molecular formula is C10H11NO3. The van der Waals surface area contributed by atoms with Crippen LogP contribution in [0.25, 0.3) is 0 Å². The molecule has 1 amide bonds. The highest BCUT2D eigenvalue weighted by atomic mass is 16.5. The number of amides is 1. The quantitative estimate of drug-likeness (QED) is 0.611. The highest BCUT2D eigenvalue weighted by Crippen LogP contribution is 2.31. The lowest BCUT2D eigenvalue weighted by atomic mass is 10.2. The summed E-state index contributed by atoms with van der Waals surface area (Å²) in [4.78, 5) is 11.4. The van der Waals surface area contributed by atoms with E-state index in [1.807, 2.05) is 0 Å². The lowest BCUT2D eigenvalue weighted by Crippen LogP contribution is -2.21. The number of benzene rings is 1. The smallest absolute Gasteiger partial charge is 0.230 e. The second kappa shape index (κ2) is 3.21. The summed E-state index contributed by atoms with van der Waals surface area (Å²) in [6, 6.07) is 4.63. The normalized spacial score (nSPS) is 20.4. The molecule has 0 fully saturated rings. The fraction of sp³-hybridized carbons (Fsp3) is 0.300. The summed E-state index contributed by atoms with van der Waals surface area (Å²) in [6.45, 7) is 2.13. The molecule has 1 unspecified atom stereocenters. The van der Waals surface area contributed by atoms with Crippen LogP contribution in [0, 0.1) is 5.92 Å². The van der Waals surface area contributed by atoms with Gasteiger partial charge in [-0.25, -0.2) is 0 Å². The average Bonchev–Trinajstić information content (AvgIpc) is 2.29. The molecule has 0 aromatic heterocycles. The fourth-order valence-corrected chi connectivity index (χ4v) is 1.28. The van der Waals surface area contributed by atoms with Crippen LogP contribution in [0.4, 0.5) is 5.69 Å². The average molecular weight is 193 g/mol. The summed E-state index contributed by atoms with van der Waals surface area (Å²) in [6.07, 6.45) is 0. The predicted molar refractivity (Wildman–Crippen MR) is 51.4 cm³/mol. The van der Waals surface area contributed by atoms with Gasteiger partial charge in [-0.05, 0) is 12.1 Å². The van der Waals surface area contributed by atoms with Crippen molar-refractivity contribution in [3.05, 3.63) is 18.2 Å². The molecule has 0 saturated heterocycles.